The van der Waals surface area contributed by atoms with Crippen LogP contribution in [0, 0.1) is 5.82 Å². The Morgan fingerprint density at radius 1 is 0.667 bits per heavy atom. The van der Waals surface area contributed by atoms with Crippen LogP contribution in [0.3, 0.4) is 0 Å². The number of ether oxygens (including phenoxy) is 2. The van der Waals surface area contributed by atoms with Crippen LogP contribution in [0.25, 0.3) is 24.3 Å². The summed E-state index contributed by atoms with van der Waals surface area (Å²) in [6.45, 7) is 6.72. The Bertz CT molecular complexity index is 1240. The number of benzene rings is 3. The Hall–Kier alpha value is -4.51. The highest BCUT2D eigenvalue weighted by atomic mass is 19.1. The van der Waals surface area contributed by atoms with Crippen LogP contribution in [-0.2, 0) is 9.59 Å². The predicted molar refractivity (Wildman–Crippen MR) is 129 cm³/mol. The minimum atomic E-state index is -0.544. The second-order valence-corrected chi connectivity index (χ2v) is 6.84. The van der Waals surface area contributed by atoms with Crippen molar-refractivity contribution in [2.45, 2.75) is 0 Å². The van der Waals surface area contributed by atoms with Gasteiger partial charge in [-0.15, -0.1) is 0 Å². The fraction of sp³-hybridized carbons (Fsp3) is 0. The van der Waals surface area contributed by atoms with E-state index in [0.717, 1.165) is 23.3 Å². The molecule has 0 aliphatic heterocycles. The van der Waals surface area contributed by atoms with Crippen LogP contribution in [-0.4, -0.2) is 11.9 Å². The zero-order valence-corrected chi connectivity index (χ0v) is 17.7. The Balaban J connectivity index is 1.67. The molecule has 0 unspecified atom stereocenters. The maximum Gasteiger partial charge on any atom is 0.335 e. The minimum Gasteiger partial charge on any atom is -0.423 e. The fourth-order valence-corrected chi connectivity index (χ4v) is 2.81. The molecule has 0 fully saturated rings. The molecule has 0 aliphatic carbocycles. The molecule has 0 aromatic heterocycles. The fourth-order valence-electron chi connectivity index (χ4n) is 2.81. The summed E-state index contributed by atoms with van der Waals surface area (Å²) in [6.07, 6.45) is 9.20. The van der Waals surface area contributed by atoms with Crippen molar-refractivity contribution >= 4 is 36.2 Å². The zero-order chi connectivity index (χ0) is 23.6. The molecule has 0 spiro atoms. The first-order valence-electron chi connectivity index (χ1n) is 10.0. The predicted octanol–water partition coefficient (Wildman–Crippen LogP) is 6.35. The van der Waals surface area contributed by atoms with Gasteiger partial charge in [0.15, 0.2) is 0 Å². The van der Waals surface area contributed by atoms with Crippen LogP contribution in [0.1, 0.15) is 22.3 Å². The summed E-state index contributed by atoms with van der Waals surface area (Å²) >= 11 is 0. The molecule has 0 amide bonds. The molecule has 3 aromatic carbocycles. The van der Waals surface area contributed by atoms with Crippen molar-refractivity contribution in [1.29, 1.82) is 0 Å². The van der Waals surface area contributed by atoms with E-state index < -0.39 is 11.9 Å². The Labute approximate surface area is 191 Å². The van der Waals surface area contributed by atoms with Gasteiger partial charge in [0.2, 0.25) is 0 Å². The molecule has 0 heterocycles. The van der Waals surface area contributed by atoms with E-state index in [1.54, 1.807) is 66.8 Å². The van der Waals surface area contributed by atoms with E-state index in [1.807, 2.05) is 18.2 Å². The van der Waals surface area contributed by atoms with Crippen molar-refractivity contribution in [1.82, 2.24) is 0 Å². The van der Waals surface area contributed by atoms with Gasteiger partial charge in [-0.25, -0.2) is 14.0 Å². The number of hydrogen-bond donors (Lipinski definition) is 0. The summed E-state index contributed by atoms with van der Waals surface area (Å²) in [6, 6.07) is 18.7. The van der Waals surface area contributed by atoms with Gasteiger partial charge < -0.3 is 9.47 Å². The highest BCUT2D eigenvalue weighted by molar-refractivity contribution is 5.84. The van der Waals surface area contributed by atoms with Crippen molar-refractivity contribution in [3.05, 3.63) is 120 Å². The molecular formula is C28H21FO4. The van der Waals surface area contributed by atoms with Crippen LogP contribution in [0.15, 0.2) is 92.0 Å². The largest absolute Gasteiger partial charge is 0.423 e. The standard InChI is InChI=1S/C28H21FO4/c1-3-27(30)32-24-16-12-20(13-17-24)8-9-22-11-15-23(26(29)19-22)14-10-21-6-5-7-25(18-21)33-28(31)4-2/h3-19H,1-2H2/b9-8+,14-10+. The Kier molecular flexibility index (Phi) is 7.86. The lowest BCUT2D eigenvalue weighted by atomic mass is 10.1. The van der Waals surface area contributed by atoms with Gasteiger partial charge in [-0.2, -0.15) is 0 Å². The molecule has 0 radical (unpaired) electrons. The van der Waals surface area contributed by atoms with Gasteiger partial charge in [0.1, 0.15) is 17.3 Å². The smallest absolute Gasteiger partial charge is 0.335 e. The van der Waals surface area contributed by atoms with Crippen molar-refractivity contribution in [2.24, 2.45) is 0 Å². The minimum absolute atomic E-state index is 0.366. The maximum atomic E-state index is 14.6. The average molecular weight is 440 g/mol. The van der Waals surface area contributed by atoms with E-state index in [9.17, 15) is 14.0 Å². The first kappa shape index (κ1) is 23.2. The molecule has 0 saturated carbocycles. The summed E-state index contributed by atoms with van der Waals surface area (Å²) in [4.78, 5) is 22.5. The third kappa shape index (κ3) is 7.01. The van der Waals surface area contributed by atoms with E-state index in [2.05, 4.69) is 13.2 Å². The van der Waals surface area contributed by atoms with E-state index in [0.29, 0.717) is 22.6 Å². The summed E-state index contributed by atoms with van der Waals surface area (Å²) in [5, 5.41) is 0. The quantitative estimate of drug-likeness (QED) is 0.177. The molecule has 33 heavy (non-hydrogen) atoms. The average Bonchev–Trinajstić information content (AvgIpc) is 2.83. The molecule has 164 valence electrons. The maximum absolute atomic E-state index is 14.6. The number of hydrogen-bond acceptors (Lipinski definition) is 4. The van der Waals surface area contributed by atoms with E-state index in [1.165, 1.54) is 6.07 Å². The molecule has 3 rings (SSSR count). The zero-order valence-electron chi connectivity index (χ0n) is 17.7. The van der Waals surface area contributed by atoms with Crippen molar-refractivity contribution in [3.63, 3.8) is 0 Å². The molecule has 5 heteroatoms. The number of esters is 2. The van der Waals surface area contributed by atoms with Gasteiger partial charge in [0.25, 0.3) is 0 Å². The third-order valence-corrected chi connectivity index (χ3v) is 4.46. The lowest BCUT2D eigenvalue weighted by molar-refractivity contribution is -0.129. The van der Waals surface area contributed by atoms with Crippen LogP contribution >= 0.6 is 0 Å². The van der Waals surface area contributed by atoms with Gasteiger partial charge in [-0.05, 0) is 47.0 Å². The van der Waals surface area contributed by atoms with Gasteiger partial charge in [-0.1, -0.05) is 73.9 Å². The number of halogens is 1. The van der Waals surface area contributed by atoms with Crippen molar-refractivity contribution in [2.75, 3.05) is 0 Å². The second kappa shape index (κ2) is 11.2. The number of carbonyl (C=O) groups is 2. The number of carbonyl (C=O) groups excluding carboxylic acids is 2. The normalized spacial score (nSPS) is 10.8. The molecule has 0 N–H and O–H groups in total. The topological polar surface area (TPSA) is 52.6 Å². The molecule has 4 nitrogen and oxygen atoms in total. The van der Waals surface area contributed by atoms with Gasteiger partial charge >= 0.3 is 11.9 Å². The SMILES string of the molecule is C=CC(=O)Oc1ccc(/C=C/c2ccc(/C=C/c3cccc(OC(=O)C=C)c3)c(F)c2)cc1. The summed E-state index contributed by atoms with van der Waals surface area (Å²) < 4.78 is 24.7. The van der Waals surface area contributed by atoms with Crippen LogP contribution in [0.4, 0.5) is 4.39 Å². The molecule has 3 aromatic rings. The molecule has 0 saturated heterocycles. The summed E-state index contributed by atoms with van der Waals surface area (Å²) in [7, 11) is 0. The monoisotopic (exact) mass is 440 g/mol. The van der Waals surface area contributed by atoms with Crippen molar-refractivity contribution in [3.8, 4) is 11.5 Å². The molecular weight excluding hydrogens is 419 g/mol. The van der Waals surface area contributed by atoms with Crippen LogP contribution < -0.4 is 9.47 Å². The van der Waals surface area contributed by atoms with Crippen LogP contribution in [0.2, 0.25) is 0 Å². The number of rotatable bonds is 8. The summed E-state index contributed by atoms with van der Waals surface area (Å²) in [5.41, 5.74) is 2.75. The molecule has 0 aliphatic rings. The van der Waals surface area contributed by atoms with Gasteiger partial charge in [0.05, 0.1) is 0 Å². The highest BCUT2D eigenvalue weighted by Crippen LogP contribution is 2.19. The van der Waals surface area contributed by atoms with Crippen LogP contribution in [0.5, 0.6) is 11.5 Å². The van der Waals surface area contributed by atoms with E-state index in [4.69, 9.17) is 9.47 Å². The van der Waals surface area contributed by atoms with E-state index in [-0.39, 0.29) is 5.82 Å². The molecule has 0 atom stereocenters. The van der Waals surface area contributed by atoms with Gasteiger partial charge in [-0.3, -0.25) is 0 Å². The Morgan fingerprint density at radius 2 is 1.24 bits per heavy atom. The highest BCUT2D eigenvalue weighted by Gasteiger charge is 2.02. The van der Waals surface area contributed by atoms with Crippen molar-refractivity contribution < 1.29 is 23.5 Å². The van der Waals surface area contributed by atoms with Gasteiger partial charge in [0, 0.05) is 17.7 Å². The second-order valence-electron chi connectivity index (χ2n) is 6.84. The van der Waals surface area contributed by atoms with E-state index >= 15 is 0 Å². The lowest BCUT2D eigenvalue weighted by Gasteiger charge is -2.03. The lowest BCUT2D eigenvalue weighted by Crippen LogP contribution is -2.02. The molecule has 0 bridgehead atoms. The third-order valence-electron chi connectivity index (χ3n) is 4.46. The first-order valence-corrected chi connectivity index (χ1v) is 10.0. The Morgan fingerprint density at radius 3 is 1.91 bits per heavy atom. The first-order chi connectivity index (χ1) is 16.0. The summed E-state index contributed by atoms with van der Waals surface area (Å²) in [5.74, 6) is -0.627.